The van der Waals surface area contributed by atoms with E-state index < -0.39 is 41.8 Å². The number of amides is 3. The molecular weight excluding hydrogens is 406 g/mol. The van der Waals surface area contributed by atoms with Crippen molar-refractivity contribution >= 4 is 29.8 Å². The summed E-state index contributed by atoms with van der Waals surface area (Å²) in [4.78, 5) is 62.0. The van der Waals surface area contributed by atoms with Crippen LogP contribution in [0.1, 0.15) is 60.8 Å². The second-order valence-corrected chi connectivity index (χ2v) is 9.29. The lowest BCUT2D eigenvalue weighted by atomic mass is 10.1. The van der Waals surface area contributed by atoms with E-state index in [1.807, 2.05) is 0 Å². The highest BCUT2D eigenvalue weighted by Crippen LogP contribution is 2.18. The molecule has 10 nitrogen and oxygen atoms in total. The fourth-order valence-corrected chi connectivity index (χ4v) is 2.65. The molecule has 1 rings (SSSR count). The molecule has 1 aliphatic heterocycles. The molecule has 0 bridgehead atoms. The predicted molar refractivity (Wildman–Crippen MR) is 111 cm³/mol. The fraction of sp³-hybridized carbons (Fsp3) is 0.667. The summed E-state index contributed by atoms with van der Waals surface area (Å²) in [6.45, 7) is 10.1. The van der Waals surface area contributed by atoms with E-state index in [0.717, 1.165) is 4.90 Å². The lowest BCUT2D eigenvalue weighted by molar-refractivity contribution is -0.162. The van der Waals surface area contributed by atoms with Crippen molar-refractivity contribution in [3.05, 3.63) is 12.2 Å². The average Bonchev–Trinajstić information content (AvgIpc) is 2.92. The zero-order valence-corrected chi connectivity index (χ0v) is 19.1. The SMILES string of the molecule is CC(C)(C)OC(=O)N(CC(=O)OC(=O)[C@@H](N)CCCCN1C(=O)C=CC1=O)C(C)(C)C. The molecule has 0 unspecified atom stereocenters. The van der Waals surface area contributed by atoms with Crippen molar-refractivity contribution < 1.29 is 33.4 Å². The highest BCUT2D eigenvalue weighted by atomic mass is 16.6. The first-order valence-electron chi connectivity index (χ1n) is 10.2. The third kappa shape index (κ3) is 8.87. The Kier molecular flexibility index (Phi) is 8.92. The van der Waals surface area contributed by atoms with Gasteiger partial charge in [0.05, 0.1) is 0 Å². The summed E-state index contributed by atoms with van der Waals surface area (Å²) in [5.74, 6) is -2.56. The van der Waals surface area contributed by atoms with Gasteiger partial charge in [-0.2, -0.15) is 0 Å². The third-order valence-corrected chi connectivity index (χ3v) is 4.28. The van der Waals surface area contributed by atoms with E-state index in [1.165, 1.54) is 17.1 Å². The van der Waals surface area contributed by atoms with E-state index >= 15 is 0 Å². The molecule has 0 spiro atoms. The van der Waals surface area contributed by atoms with Gasteiger partial charge in [0.15, 0.2) is 0 Å². The second kappa shape index (κ2) is 10.5. The smallest absolute Gasteiger partial charge is 0.411 e. The number of rotatable bonds is 8. The Morgan fingerprint density at radius 2 is 1.58 bits per heavy atom. The molecule has 10 heteroatoms. The first kappa shape index (κ1) is 26.3. The van der Waals surface area contributed by atoms with Gasteiger partial charge < -0.3 is 15.2 Å². The lowest BCUT2D eigenvalue weighted by Crippen LogP contribution is -2.51. The standard InChI is InChI=1S/C21H33N3O7/c1-20(2,3)24(19(29)31-21(4,5)6)13-17(27)30-18(28)14(22)9-7-8-12-23-15(25)10-11-16(23)26/h10-11,14H,7-9,12-13,22H2,1-6H3/t14-/m0/s1. The number of unbranched alkanes of at least 4 members (excludes halogenated alkanes) is 1. The van der Waals surface area contributed by atoms with Gasteiger partial charge in [-0.05, 0) is 60.8 Å². The summed E-state index contributed by atoms with van der Waals surface area (Å²) in [6.07, 6.45) is 2.84. The molecule has 1 aliphatic rings. The molecule has 1 atom stereocenters. The normalized spacial score (nSPS) is 15.1. The van der Waals surface area contributed by atoms with Crippen LogP contribution < -0.4 is 5.73 Å². The topological polar surface area (TPSA) is 136 Å². The minimum Gasteiger partial charge on any atom is -0.444 e. The van der Waals surface area contributed by atoms with E-state index in [4.69, 9.17) is 15.2 Å². The summed E-state index contributed by atoms with van der Waals surface area (Å²) in [5, 5.41) is 0. The van der Waals surface area contributed by atoms with E-state index in [9.17, 15) is 24.0 Å². The highest BCUT2D eigenvalue weighted by molar-refractivity contribution is 6.12. The molecular formula is C21H33N3O7. The Morgan fingerprint density at radius 3 is 2.06 bits per heavy atom. The van der Waals surface area contributed by atoms with Crippen LogP contribution in [-0.2, 0) is 28.7 Å². The monoisotopic (exact) mass is 439 g/mol. The molecule has 174 valence electrons. The third-order valence-electron chi connectivity index (χ3n) is 4.28. The maximum absolute atomic E-state index is 12.4. The molecule has 31 heavy (non-hydrogen) atoms. The van der Waals surface area contributed by atoms with Crippen LogP contribution in [-0.4, -0.2) is 69.9 Å². The van der Waals surface area contributed by atoms with Crippen molar-refractivity contribution in [1.29, 1.82) is 0 Å². The maximum atomic E-state index is 12.4. The van der Waals surface area contributed by atoms with Crippen molar-refractivity contribution in [2.75, 3.05) is 13.1 Å². The highest BCUT2D eigenvalue weighted by Gasteiger charge is 2.33. The van der Waals surface area contributed by atoms with Crippen molar-refractivity contribution in [2.24, 2.45) is 5.73 Å². The summed E-state index contributed by atoms with van der Waals surface area (Å²) >= 11 is 0. The molecule has 0 aromatic heterocycles. The van der Waals surface area contributed by atoms with Crippen molar-refractivity contribution in [2.45, 2.75) is 78.0 Å². The molecule has 0 aromatic rings. The first-order valence-corrected chi connectivity index (χ1v) is 10.2. The van der Waals surface area contributed by atoms with Crippen molar-refractivity contribution in [3.63, 3.8) is 0 Å². The molecule has 0 aromatic carbocycles. The quantitative estimate of drug-likeness (QED) is 0.260. The van der Waals surface area contributed by atoms with Gasteiger partial charge in [-0.15, -0.1) is 0 Å². The van der Waals surface area contributed by atoms with Gasteiger partial charge in [-0.1, -0.05) is 0 Å². The average molecular weight is 440 g/mol. The fourth-order valence-electron chi connectivity index (χ4n) is 2.65. The largest absolute Gasteiger partial charge is 0.444 e. The summed E-state index contributed by atoms with van der Waals surface area (Å²) in [5.41, 5.74) is 4.29. The Labute approximate surface area is 182 Å². The van der Waals surface area contributed by atoms with E-state index in [0.29, 0.717) is 12.8 Å². The maximum Gasteiger partial charge on any atom is 0.411 e. The number of nitrogens with zero attached hydrogens (tertiary/aromatic N) is 2. The van der Waals surface area contributed by atoms with Crippen LogP contribution in [0.5, 0.6) is 0 Å². The number of carbonyl (C=O) groups is 5. The van der Waals surface area contributed by atoms with Gasteiger partial charge in [0, 0.05) is 24.2 Å². The van der Waals surface area contributed by atoms with Crippen LogP contribution in [0.2, 0.25) is 0 Å². The van der Waals surface area contributed by atoms with Gasteiger partial charge in [-0.25, -0.2) is 14.4 Å². The Balaban J connectivity index is 2.49. The van der Waals surface area contributed by atoms with Crippen LogP contribution in [0, 0.1) is 0 Å². The molecule has 0 saturated carbocycles. The van der Waals surface area contributed by atoms with Crippen LogP contribution in [0.3, 0.4) is 0 Å². The molecule has 0 saturated heterocycles. The minimum atomic E-state index is -1.04. The Bertz CT molecular complexity index is 729. The molecule has 3 amide bonds. The molecule has 0 fully saturated rings. The molecule has 0 aliphatic carbocycles. The first-order chi connectivity index (χ1) is 14.1. The minimum absolute atomic E-state index is 0.213. The van der Waals surface area contributed by atoms with Crippen molar-refractivity contribution in [1.82, 2.24) is 9.80 Å². The number of nitrogens with two attached hydrogens (primary N) is 1. The number of ether oxygens (including phenoxy) is 2. The van der Waals surface area contributed by atoms with Crippen LogP contribution in [0.4, 0.5) is 4.79 Å². The number of hydrogen-bond acceptors (Lipinski definition) is 8. The zero-order chi connectivity index (χ0) is 24.0. The lowest BCUT2D eigenvalue weighted by Gasteiger charge is -2.35. The molecule has 0 radical (unpaired) electrons. The summed E-state index contributed by atoms with van der Waals surface area (Å²) < 4.78 is 10.1. The zero-order valence-electron chi connectivity index (χ0n) is 19.1. The number of carbonyl (C=O) groups excluding carboxylic acids is 5. The van der Waals surface area contributed by atoms with E-state index in [1.54, 1.807) is 41.5 Å². The van der Waals surface area contributed by atoms with Crippen molar-refractivity contribution in [3.8, 4) is 0 Å². The van der Waals surface area contributed by atoms with E-state index in [2.05, 4.69) is 0 Å². The van der Waals surface area contributed by atoms with Crippen LogP contribution >= 0.6 is 0 Å². The summed E-state index contributed by atoms with van der Waals surface area (Å²) in [7, 11) is 0. The van der Waals surface area contributed by atoms with Gasteiger partial charge in [0.25, 0.3) is 11.8 Å². The van der Waals surface area contributed by atoms with Gasteiger partial charge >= 0.3 is 18.0 Å². The van der Waals surface area contributed by atoms with E-state index in [-0.39, 0.29) is 24.8 Å². The molecule has 1 heterocycles. The van der Waals surface area contributed by atoms with Crippen LogP contribution in [0.15, 0.2) is 12.2 Å². The number of hydrogen-bond donors (Lipinski definition) is 1. The van der Waals surface area contributed by atoms with Gasteiger partial charge in [0.1, 0.15) is 18.2 Å². The Morgan fingerprint density at radius 1 is 1.03 bits per heavy atom. The summed E-state index contributed by atoms with van der Waals surface area (Å²) in [6, 6.07) is -1.04. The Hall–Kier alpha value is -2.75. The molecule has 2 N–H and O–H groups in total. The second-order valence-electron chi connectivity index (χ2n) is 9.29. The number of esters is 2. The van der Waals surface area contributed by atoms with Gasteiger partial charge in [-0.3, -0.25) is 19.4 Å². The van der Waals surface area contributed by atoms with Crippen LogP contribution in [0.25, 0.3) is 0 Å². The predicted octanol–water partition coefficient (Wildman–Crippen LogP) is 1.51. The number of imide groups is 1. The van der Waals surface area contributed by atoms with Gasteiger partial charge in [0.2, 0.25) is 0 Å².